The molecule has 0 radical (unpaired) electrons. The van der Waals surface area contributed by atoms with Crippen LogP contribution in [-0.2, 0) is 0 Å². The van der Waals surface area contributed by atoms with Crippen LogP contribution in [0.3, 0.4) is 0 Å². The predicted molar refractivity (Wildman–Crippen MR) is 131 cm³/mol. The number of hydrazone groups is 1. The SMILES string of the molecule is Cc1ccc(N2c3ccccc3C(=O)C/C(=N/Nc3ccccc3)c3ccccc32)cc1. The van der Waals surface area contributed by atoms with E-state index in [0.717, 1.165) is 28.3 Å². The molecule has 1 aliphatic heterocycles. The number of carbonyl (C=O) groups is 1. The molecule has 4 nitrogen and oxygen atoms in total. The van der Waals surface area contributed by atoms with Crippen LogP contribution in [0.15, 0.2) is 108 Å². The van der Waals surface area contributed by atoms with Gasteiger partial charge in [0.15, 0.2) is 5.78 Å². The first-order valence-electron chi connectivity index (χ1n) is 10.7. The summed E-state index contributed by atoms with van der Waals surface area (Å²) >= 11 is 0. The molecular weight excluding hydrogens is 394 g/mol. The van der Waals surface area contributed by atoms with Crippen molar-refractivity contribution in [3.8, 4) is 0 Å². The highest BCUT2D eigenvalue weighted by Gasteiger charge is 2.27. The molecule has 0 unspecified atom stereocenters. The van der Waals surface area contributed by atoms with Crippen LogP contribution in [-0.4, -0.2) is 11.5 Å². The average molecular weight is 418 g/mol. The van der Waals surface area contributed by atoms with Crippen LogP contribution in [0.2, 0.25) is 0 Å². The molecule has 156 valence electrons. The van der Waals surface area contributed by atoms with Crippen LogP contribution in [0, 0.1) is 6.92 Å². The van der Waals surface area contributed by atoms with Gasteiger partial charge in [0.2, 0.25) is 0 Å². The summed E-state index contributed by atoms with van der Waals surface area (Å²) in [6.45, 7) is 2.07. The smallest absolute Gasteiger partial charge is 0.171 e. The second kappa shape index (κ2) is 8.52. The van der Waals surface area contributed by atoms with E-state index in [-0.39, 0.29) is 12.2 Å². The molecule has 0 aromatic heterocycles. The molecule has 1 N–H and O–H groups in total. The quantitative estimate of drug-likeness (QED) is 0.370. The van der Waals surface area contributed by atoms with Gasteiger partial charge in [-0.15, -0.1) is 0 Å². The van der Waals surface area contributed by atoms with Gasteiger partial charge in [-0.1, -0.05) is 66.2 Å². The van der Waals surface area contributed by atoms with Crippen molar-refractivity contribution in [2.24, 2.45) is 5.10 Å². The summed E-state index contributed by atoms with van der Waals surface area (Å²) in [6, 6.07) is 34.1. The fourth-order valence-electron chi connectivity index (χ4n) is 4.01. The van der Waals surface area contributed by atoms with Gasteiger partial charge < -0.3 is 4.90 Å². The van der Waals surface area contributed by atoms with Gasteiger partial charge in [-0.3, -0.25) is 10.2 Å². The minimum absolute atomic E-state index is 0.0424. The van der Waals surface area contributed by atoms with Crippen molar-refractivity contribution in [3.05, 3.63) is 120 Å². The average Bonchev–Trinajstić information content (AvgIpc) is 2.83. The maximum atomic E-state index is 13.4. The van der Waals surface area contributed by atoms with E-state index in [2.05, 4.69) is 52.7 Å². The van der Waals surface area contributed by atoms with Crippen molar-refractivity contribution in [3.63, 3.8) is 0 Å². The number of hydrogen-bond acceptors (Lipinski definition) is 4. The van der Waals surface area contributed by atoms with Gasteiger partial charge in [0, 0.05) is 16.8 Å². The van der Waals surface area contributed by atoms with Crippen molar-refractivity contribution < 1.29 is 4.79 Å². The summed E-state index contributed by atoms with van der Waals surface area (Å²) in [5.74, 6) is 0.0424. The van der Waals surface area contributed by atoms with Gasteiger partial charge in [-0.2, -0.15) is 5.10 Å². The molecule has 0 bridgehead atoms. The highest BCUT2D eigenvalue weighted by atomic mass is 16.1. The second-order valence-electron chi connectivity index (χ2n) is 7.84. The summed E-state index contributed by atoms with van der Waals surface area (Å²) < 4.78 is 0. The molecule has 1 aliphatic rings. The summed E-state index contributed by atoms with van der Waals surface area (Å²) in [4.78, 5) is 15.5. The highest BCUT2D eigenvalue weighted by Crippen LogP contribution is 2.41. The molecule has 0 atom stereocenters. The predicted octanol–water partition coefficient (Wildman–Crippen LogP) is 6.87. The van der Waals surface area contributed by atoms with Crippen LogP contribution in [0.1, 0.15) is 27.9 Å². The first-order valence-corrected chi connectivity index (χ1v) is 10.7. The third-order valence-corrected chi connectivity index (χ3v) is 5.62. The van der Waals surface area contributed by atoms with Gasteiger partial charge in [0.1, 0.15) is 0 Å². The van der Waals surface area contributed by atoms with Crippen molar-refractivity contribution in [2.45, 2.75) is 13.3 Å². The van der Waals surface area contributed by atoms with E-state index in [1.165, 1.54) is 5.56 Å². The zero-order valence-corrected chi connectivity index (χ0v) is 17.8. The van der Waals surface area contributed by atoms with Crippen LogP contribution in [0.25, 0.3) is 0 Å². The zero-order valence-electron chi connectivity index (χ0n) is 17.8. The van der Waals surface area contributed by atoms with E-state index < -0.39 is 0 Å². The molecule has 0 saturated carbocycles. The fourth-order valence-corrected chi connectivity index (χ4v) is 4.01. The van der Waals surface area contributed by atoms with E-state index in [0.29, 0.717) is 11.3 Å². The summed E-state index contributed by atoms with van der Waals surface area (Å²) in [5, 5.41) is 4.68. The van der Waals surface area contributed by atoms with E-state index in [1.54, 1.807) is 0 Å². The molecule has 4 heteroatoms. The van der Waals surface area contributed by atoms with Gasteiger partial charge in [0.25, 0.3) is 0 Å². The number of rotatable bonds is 3. The number of fused-ring (bicyclic) bond motifs is 2. The number of nitrogens with one attached hydrogen (secondary N) is 1. The lowest BCUT2D eigenvalue weighted by Gasteiger charge is -2.31. The molecule has 0 amide bonds. The molecule has 1 heterocycles. The molecule has 0 fully saturated rings. The minimum Gasteiger partial charge on any atom is -0.309 e. The van der Waals surface area contributed by atoms with Gasteiger partial charge in [-0.05, 0) is 49.4 Å². The Labute approximate surface area is 187 Å². The lowest BCUT2D eigenvalue weighted by Crippen LogP contribution is -2.23. The Balaban J connectivity index is 1.70. The van der Waals surface area contributed by atoms with E-state index in [1.807, 2.05) is 72.8 Å². The van der Waals surface area contributed by atoms with Crippen molar-refractivity contribution >= 4 is 34.2 Å². The maximum Gasteiger partial charge on any atom is 0.171 e. The monoisotopic (exact) mass is 417 g/mol. The summed E-state index contributed by atoms with van der Waals surface area (Å²) in [7, 11) is 0. The molecule has 4 aromatic carbocycles. The first kappa shape index (κ1) is 19.8. The highest BCUT2D eigenvalue weighted by molar-refractivity contribution is 6.21. The van der Waals surface area contributed by atoms with Gasteiger partial charge in [-0.25, -0.2) is 0 Å². The third kappa shape index (κ3) is 3.79. The van der Waals surface area contributed by atoms with E-state index in [4.69, 9.17) is 0 Å². The Bertz CT molecular complexity index is 1290. The molecule has 4 aromatic rings. The second-order valence-corrected chi connectivity index (χ2v) is 7.84. The number of aryl methyl sites for hydroxylation is 1. The number of nitrogens with zero attached hydrogens (tertiary/aromatic N) is 2. The topological polar surface area (TPSA) is 44.7 Å². The van der Waals surface area contributed by atoms with Crippen LogP contribution in [0.4, 0.5) is 22.7 Å². The number of Topliss-reactive ketones (excluding diaryl/α,β-unsaturated/α-hetero) is 1. The number of para-hydroxylation sites is 3. The van der Waals surface area contributed by atoms with Crippen molar-refractivity contribution in [1.29, 1.82) is 0 Å². The Morgan fingerprint density at radius 2 is 1.31 bits per heavy atom. The Kier molecular flexibility index (Phi) is 5.26. The molecular formula is C28H23N3O. The van der Waals surface area contributed by atoms with Gasteiger partial charge in [0.05, 0.1) is 29.2 Å². The van der Waals surface area contributed by atoms with E-state index in [9.17, 15) is 4.79 Å². The lowest BCUT2D eigenvalue weighted by molar-refractivity contribution is 0.100. The normalized spacial score (nSPS) is 14.3. The van der Waals surface area contributed by atoms with Crippen molar-refractivity contribution in [2.75, 3.05) is 10.3 Å². The molecule has 5 rings (SSSR count). The summed E-state index contributed by atoms with van der Waals surface area (Å²) in [6.07, 6.45) is 0.218. The molecule has 32 heavy (non-hydrogen) atoms. The van der Waals surface area contributed by atoms with Crippen LogP contribution < -0.4 is 10.3 Å². The minimum atomic E-state index is 0.0424. The zero-order chi connectivity index (χ0) is 21.9. The maximum absolute atomic E-state index is 13.4. The number of benzene rings is 4. The van der Waals surface area contributed by atoms with Crippen LogP contribution in [0.5, 0.6) is 0 Å². The van der Waals surface area contributed by atoms with E-state index >= 15 is 0 Å². The molecule has 0 spiro atoms. The molecule has 0 aliphatic carbocycles. The van der Waals surface area contributed by atoms with Crippen LogP contribution >= 0.6 is 0 Å². The number of carbonyl (C=O) groups excluding carboxylic acids is 1. The Morgan fingerprint density at radius 3 is 2.03 bits per heavy atom. The first-order chi connectivity index (χ1) is 15.7. The van der Waals surface area contributed by atoms with Gasteiger partial charge >= 0.3 is 0 Å². The summed E-state index contributed by atoms with van der Waals surface area (Å²) in [5.41, 5.74) is 10.4. The number of hydrogen-bond donors (Lipinski definition) is 1. The Morgan fingerprint density at radius 1 is 0.719 bits per heavy atom. The number of anilines is 4. The Hall–Kier alpha value is -4.18. The molecule has 0 saturated heterocycles. The fraction of sp³-hybridized carbons (Fsp3) is 0.0714. The standard InChI is InChI=1S/C28H23N3O/c1-20-15-17-22(18-16-20)31-26-13-7-5-11-23(26)25(30-29-21-9-3-2-4-10-21)19-28(32)24-12-6-8-14-27(24)31/h2-18,29H,19H2,1H3/b30-25-. The largest absolute Gasteiger partial charge is 0.309 e. The van der Waals surface area contributed by atoms with Crippen molar-refractivity contribution in [1.82, 2.24) is 0 Å². The number of ketones is 1. The third-order valence-electron chi connectivity index (χ3n) is 5.62. The lowest BCUT2D eigenvalue weighted by atomic mass is 9.94.